The first-order chi connectivity index (χ1) is 8.04. The third-order valence-corrected chi connectivity index (χ3v) is 2.52. The first kappa shape index (κ1) is 11.8. The maximum Gasteiger partial charge on any atom is 0.420 e. The number of rotatable bonds is 1. The van der Waals surface area contributed by atoms with Gasteiger partial charge in [-0.25, -0.2) is 9.78 Å². The number of anilines is 1. The van der Waals surface area contributed by atoms with Gasteiger partial charge in [-0.1, -0.05) is 0 Å². The summed E-state index contributed by atoms with van der Waals surface area (Å²) in [6.45, 7) is 1.16. The Labute approximate surface area is 110 Å². The van der Waals surface area contributed by atoms with Crippen LogP contribution in [0.5, 0.6) is 0 Å². The van der Waals surface area contributed by atoms with E-state index >= 15 is 0 Å². The Morgan fingerprint density at radius 2 is 2.18 bits per heavy atom. The van der Waals surface area contributed by atoms with Gasteiger partial charge in [-0.2, -0.15) is 0 Å². The number of esters is 1. The lowest BCUT2D eigenvalue weighted by Crippen LogP contribution is -2.16. The molecule has 0 radical (unpaired) electrons. The van der Waals surface area contributed by atoms with Gasteiger partial charge < -0.3 is 9.14 Å². The van der Waals surface area contributed by atoms with Gasteiger partial charge in [-0.05, 0) is 34.7 Å². The van der Waals surface area contributed by atoms with Crippen molar-refractivity contribution in [2.24, 2.45) is 0 Å². The van der Waals surface area contributed by atoms with Gasteiger partial charge in [-0.3, -0.25) is 10.1 Å². The first-order valence-electron chi connectivity index (χ1n) is 4.68. The van der Waals surface area contributed by atoms with Crippen molar-refractivity contribution >= 4 is 46.1 Å². The minimum Gasteiger partial charge on any atom is -0.376 e. The van der Waals surface area contributed by atoms with E-state index in [0.717, 1.165) is 10.5 Å². The Kier molecular flexibility index (Phi) is 3.27. The predicted octanol–water partition coefficient (Wildman–Crippen LogP) is 2.03. The first-order valence-corrected chi connectivity index (χ1v) is 5.76. The van der Waals surface area contributed by atoms with Crippen LogP contribution in [0.2, 0.25) is 0 Å². The van der Waals surface area contributed by atoms with Crippen LogP contribution >= 0.6 is 22.6 Å². The summed E-state index contributed by atoms with van der Waals surface area (Å²) in [4.78, 5) is 25.9. The van der Waals surface area contributed by atoms with Gasteiger partial charge in [0.25, 0.3) is 0 Å². The Morgan fingerprint density at radius 1 is 1.41 bits per heavy atom. The van der Waals surface area contributed by atoms with Crippen LogP contribution in [-0.4, -0.2) is 21.4 Å². The summed E-state index contributed by atoms with van der Waals surface area (Å²) in [5.74, 6) is -0.334. The number of pyridine rings is 1. The predicted molar refractivity (Wildman–Crippen MR) is 68.7 cm³/mol. The molecule has 2 aromatic rings. The molecule has 1 amide bonds. The number of amides is 1. The average Bonchev–Trinajstić information content (AvgIpc) is 2.57. The maximum atomic E-state index is 11.2. The van der Waals surface area contributed by atoms with E-state index in [2.05, 4.69) is 37.6 Å². The van der Waals surface area contributed by atoms with Crippen molar-refractivity contribution in [1.82, 2.24) is 9.38 Å². The lowest BCUT2D eigenvalue weighted by atomic mass is 10.5. The van der Waals surface area contributed by atoms with Crippen LogP contribution in [0.25, 0.3) is 5.65 Å². The van der Waals surface area contributed by atoms with E-state index in [1.165, 1.54) is 0 Å². The molecule has 1 N–H and O–H groups in total. The zero-order valence-corrected chi connectivity index (χ0v) is 11.0. The normalized spacial score (nSPS) is 10.2. The molecule has 0 aliphatic heterocycles. The molecule has 2 rings (SSSR count). The van der Waals surface area contributed by atoms with Crippen LogP contribution in [0.4, 0.5) is 10.6 Å². The number of imidazole rings is 1. The standard InChI is InChI=1S/C10H8IN3O3/c1-6(15)17-10(16)13-8-5-14-4-7(11)2-3-9(14)12-8/h2-5H,1H3,(H,13,16). The Bertz CT molecular complexity index is 593. The van der Waals surface area contributed by atoms with E-state index in [0.29, 0.717) is 11.5 Å². The molecule has 0 atom stereocenters. The maximum absolute atomic E-state index is 11.2. The number of nitrogens with zero attached hydrogens (tertiary/aromatic N) is 2. The quantitative estimate of drug-likeness (QED) is 0.488. The van der Waals surface area contributed by atoms with Crippen molar-refractivity contribution in [3.05, 3.63) is 28.1 Å². The molecule has 0 bridgehead atoms. The van der Waals surface area contributed by atoms with Crippen LogP contribution in [0.3, 0.4) is 0 Å². The fraction of sp³-hybridized carbons (Fsp3) is 0.100. The van der Waals surface area contributed by atoms with Crippen molar-refractivity contribution in [1.29, 1.82) is 0 Å². The van der Waals surface area contributed by atoms with E-state index in [-0.39, 0.29) is 0 Å². The topological polar surface area (TPSA) is 72.7 Å². The second kappa shape index (κ2) is 4.70. The molecule has 0 unspecified atom stereocenters. The average molecular weight is 345 g/mol. The van der Waals surface area contributed by atoms with Gasteiger partial charge in [-0.15, -0.1) is 0 Å². The molecular formula is C10H8IN3O3. The number of carbonyl (C=O) groups excluding carboxylic acids is 2. The molecule has 17 heavy (non-hydrogen) atoms. The van der Waals surface area contributed by atoms with Crippen LogP contribution < -0.4 is 5.32 Å². The van der Waals surface area contributed by atoms with Gasteiger partial charge in [0.15, 0.2) is 5.82 Å². The van der Waals surface area contributed by atoms with Crippen molar-refractivity contribution < 1.29 is 14.3 Å². The fourth-order valence-corrected chi connectivity index (χ4v) is 1.77. The largest absolute Gasteiger partial charge is 0.420 e. The van der Waals surface area contributed by atoms with Crippen LogP contribution in [0, 0.1) is 3.57 Å². The molecule has 0 spiro atoms. The van der Waals surface area contributed by atoms with Gasteiger partial charge in [0, 0.05) is 16.7 Å². The van der Waals surface area contributed by atoms with Crippen LogP contribution in [-0.2, 0) is 9.53 Å². The van der Waals surface area contributed by atoms with Gasteiger partial charge in [0.1, 0.15) is 5.65 Å². The highest BCUT2D eigenvalue weighted by Crippen LogP contribution is 2.12. The molecule has 0 fully saturated rings. The highest BCUT2D eigenvalue weighted by Gasteiger charge is 2.09. The smallest absolute Gasteiger partial charge is 0.376 e. The Balaban J connectivity index is 2.19. The zero-order chi connectivity index (χ0) is 12.4. The van der Waals surface area contributed by atoms with E-state index < -0.39 is 12.1 Å². The van der Waals surface area contributed by atoms with Crippen molar-refractivity contribution in [2.75, 3.05) is 5.32 Å². The number of fused-ring (bicyclic) bond motifs is 1. The summed E-state index contributed by atoms with van der Waals surface area (Å²) in [6, 6.07) is 3.73. The van der Waals surface area contributed by atoms with Gasteiger partial charge in [0.2, 0.25) is 0 Å². The van der Waals surface area contributed by atoms with Crippen molar-refractivity contribution in [3.63, 3.8) is 0 Å². The molecule has 88 valence electrons. The molecule has 0 saturated carbocycles. The second-order valence-corrected chi connectivity index (χ2v) is 4.49. The van der Waals surface area contributed by atoms with Crippen LogP contribution in [0.1, 0.15) is 6.92 Å². The zero-order valence-electron chi connectivity index (χ0n) is 8.81. The second-order valence-electron chi connectivity index (χ2n) is 3.25. The number of carbonyl (C=O) groups is 2. The Hall–Kier alpha value is -1.64. The summed E-state index contributed by atoms with van der Waals surface area (Å²) in [6.07, 6.45) is 2.67. The molecule has 0 saturated heterocycles. The fourth-order valence-electron chi connectivity index (χ4n) is 1.29. The summed E-state index contributed by atoms with van der Waals surface area (Å²) < 4.78 is 7.15. The number of hydrogen-bond acceptors (Lipinski definition) is 4. The monoisotopic (exact) mass is 345 g/mol. The third kappa shape index (κ3) is 2.93. The number of halogens is 1. The van der Waals surface area contributed by atoms with Crippen molar-refractivity contribution in [3.8, 4) is 0 Å². The lowest BCUT2D eigenvalue weighted by Gasteiger charge is -1.98. The lowest BCUT2D eigenvalue weighted by molar-refractivity contribution is -0.134. The molecule has 2 aromatic heterocycles. The number of nitrogens with one attached hydrogen (secondary N) is 1. The number of ether oxygens (including phenoxy) is 1. The highest BCUT2D eigenvalue weighted by molar-refractivity contribution is 14.1. The number of hydrogen-bond donors (Lipinski definition) is 1. The van der Waals surface area contributed by atoms with E-state index in [1.54, 1.807) is 10.6 Å². The minimum absolute atomic E-state index is 0.332. The summed E-state index contributed by atoms with van der Waals surface area (Å²) in [7, 11) is 0. The summed E-state index contributed by atoms with van der Waals surface area (Å²) >= 11 is 2.17. The molecule has 0 aromatic carbocycles. The summed E-state index contributed by atoms with van der Waals surface area (Å²) in [5, 5.41) is 2.37. The SMILES string of the molecule is CC(=O)OC(=O)Nc1cn2cc(I)ccc2n1. The van der Waals surface area contributed by atoms with Crippen LogP contribution in [0.15, 0.2) is 24.5 Å². The van der Waals surface area contributed by atoms with E-state index in [9.17, 15) is 9.59 Å². The highest BCUT2D eigenvalue weighted by atomic mass is 127. The molecule has 2 heterocycles. The van der Waals surface area contributed by atoms with E-state index in [4.69, 9.17) is 0 Å². The molecule has 0 aliphatic rings. The van der Waals surface area contributed by atoms with E-state index in [1.807, 2.05) is 18.3 Å². The molecule has 6 nitrogen and oxygen atoms in total. The molecule has 7 heteroatoms. The van der Waals surface area contributed by atoms with Gasteiger partial charge >= 0.3 is 12.1 Å². The van der Waals surface area contributed by atoms with Gasteiger partial charge in [0.05, 0.1) is 6.20 Å². The Morgan fingerprint density at radius 3 is 2.88 bits per heavy atom. The molecule has 0 aliphatic carbocycles. The minimum atomic E-state index is -0.837. The third-order valence-electron chi connectivity index (χ3n) is 1.88. The summed E-state index contributed by atoms with van der Waals surface area (Å²) in [5.41, 5.74) is 0.698. The molecular weight excluding hydrogens is 337 g/mol. The van der Waals surface area contributed by atoms with Crippen molar-refractivity contribution in [2.45, 2.75) is 6.92 Å². The number of aromatic nitrogens is 2.